The van der Waals surface area contributed by atoms with Gasteiger partial charge in [-0.3, -0.25) is 19.7 Å². The van der Waals surface area contributed by atoms with Crippen LogP contribution in [0.25, 0.3) is 0 Å². The first-order chi connectivity index (χ1) is 14.0. The van der Waals surface area contributed by atoms with E-state index in [1.165, 1.54) is 17.6 Å². The second kappa shape index (κ2) is 9.16. The minimum atomic E-state index is -0.304. The Morgan fingerprint density at radius 2 is 1.86 bits per heavy atom. The molecule has 8 nitrogen and oxygen atoms in total. The van der Waals surface area contributed by atoms with Crippen molar-refractivity contribution in [2.24, 2.45) is 0 Å². The van der Waals surface area contributed by atoms with Gasteiger partial charge in [-0.2, -0.15) is 0 Å². The molecule has 0 saturated carbocycles. The molecule has 0 unspecified atom stereocenters. The van der Waals surface area contributed by atoms with Gasteiger partial charge < -0.3 is 15.1 Å². The Hall–Kier alpha value is -3.46. The predicted octanol–water partition coefficient (Wildman–Crippen LogP) is 2.52. The molecule has 1 aromatic carbocycles. The predicted molar refractivity (Wildman–Crippen MR) is 109 cm³/mol. The number of thiazole rings is 1. The molecule has 150 valence electrons. The second-order valence-electron chi connectivity index (χ2n) is 6.22. The normalized spacial score (nSPS) is 10.4. The number of aromatic nitrogens is 1. The number of hydrogen-bond donors (Lipinski definition) is 3. The number of carbonyl (C=O) groups excluding carboxylic acids is 3. The van der Waals surface area contributed by atoms with E-state index in [2.05, 4.69) is 20.9 Å². The summed E-state index contributed by atoms with van der Waals surface area (Å²) in [5.74, 6) is -0.118. The standard InChI is InChI=1S/C20H20N4O4S/c1-12-16(7-8-28-12)19(27)24-20-23-15(11-29-20)9-17(25)22-10-13-3-5-14(6-4-13)18(26)21-2/h3-8,11H,9-10H2,1-2H3,(H,21,26)(H,22,25)(H,23,24,27). The third-order valence-corrected chi connectivity index (χ3v) is 4.96. The zero-order valence-corrected chi connectivity index (χ0v) is 16.8. The molecule has 3 rings (SSSR count). The Labute approximate surface area is 171 Å². The van der Waals surface area contributed by atoms with Gasteiger partial charge in [0.05, 0.1) is 23.9 Å². The summed E-state index contributed by atoms with van der Waals surface area (Å²) in [5, 5.41) is 10.2. The van der Waals surface area contributed by atoms with Crippen LogP contribution < -0.4 is 16.0 Å². The number of rotatable bonds is 7. The maximum absolute atomic E-state index is 12.2. The first-order valence-electron chi connectivity index (χ1n) is 8.84. The average Bonchev–Trinajstić information content (AvgIpc) is 3.34. The van der Waals surface area contributed by atoms with E-state index in [1.54, 1.807) is 49.7 Å². The molecule has 0 saturated heterocycles. The number of furan rings is 1. The Morgan fingerprint density at radius 3 is 2.52 bits per heavy atom. The molecule has 0 fully saturated rings. The number of benzene rings is 1. The molecule has 2 aromatic heterocycles. The van der Waals surface area contributed by atoms with Gasteiger partial charge in [0.2, 0.25) is 5.91 Å². The maximum atomic E-state index is 12.2. The fourth-order valence-corrected chi connectivity index (χ4v) is 3.28. The largest absolute Gasteiger partial charge is 0.469 e. The van der Waals surface area contributed by atoms with E-state index in [1.807, 2.05) is 0 Å². The first-order valence-corrected chi connectivity index (χ1v) is 9.72. The lowest BCUT2D eigenvalue weighted by Gasteiger charge is -2.05. The SMILES string of the molecule is CNC(=O)c1ccc(CNC(=O)Cc2csc(NC(=O)c3ccoc3C)n2)cc1. The van der Waals surface area contributed by atoms with E-state index in [4.69, 9.17) is 4.42 Å². The lowest BCUT2D eigenvalue weighted by molar-refractivity contribution is -0.120. The van der Waals surface area contributed by atoms with Gasteiger partial charge in [0.25, 0.3) is 11.8 Å². The first kappa shape index (κ1) is 20.3. The Morgan fingerprint density at radius 1 is 1.10 bits per heavy atom. The maximum Gasteiger partial charge on any atom is 0.260 e. The van der Waals surface area contributed by atoms with Gasteiger partial charge in [0.1, 0.15) is 5.76 Å². The van der Waals surface area contributed by atoms with Crippen LogP contribution in [0.3, 0.4) is 0 Å². The summed E-state index contributed by atoms with van der Waals surface area (Å²) in [7, 11) is 1.57. The van der Waals surface area contributed by atoms with Crippen molar-refractivity contribution in [1.29, 1.82) is 0 Å². The van der Waals surface area contributed by atoms with Crippen LogP contribution in [-0.2, 0) is 17.8 Å². The van der Waals surface area contributed by atoms with Crippen LogP contribution in [0.1, 0.15) is 37.7 Å². The fraction of sp³-hybridized carbons (Fsp3) is 0.200. The van der Waals surface area contributed by atoms with Crippen LogP contribution in [0.15, 0.2) is 46.4 Å². The number of anilines is 1. The van der Waals surface area contributed by atoms with E-state index < -0.39 is 0 Å². The van der Waals surface area contributed by atoms with Gasteiger partial charge in [-0.25, -0.2) is 4.98 Å². The summed E-state index contributed by atoms with van der Waals surface area (Å²) < 4.78 is 5.12. The quantitative estimate of drug-likeness (QED) is 0.552. The van der Waals surface area contributed by atoms with Crippen molar-refractivity contribution in [3.8, 4) is 0 Å². The molecule has 0 aliphatic heterocycles. The van der Waals surface area contributed by atoms with Gasteiger partial charge in [-0.15, -0.1) is 11.3 Å². The summed E-state index contributed by atoms with van der Waals surface area (Å²) in [4.78, 5) is 40.1. The van der Waals surface area contributed by atoms with Gasteiger partial charge in [-0.05, 0) is 30.7 Å². The zero-order valence-electron chi connectivity index (χ0n) is 15.9. The van der Waals surface area contributed by atoms with Crippen molar-refractivity contribution in [1.82, 2.24) is 15.6 Å². The van der Waals surface area contributed by atoms with Crippen LogP contribution in [-0.4, -0.2) is 29.8 Å². The monoisotopic (exact) mass is 412 g/mol. The van der Waals surface area contributed by atoms with E-state index in [-0.39, 0.29) is 24.1 Å². The van der Waals surface area contributed by atoms with Crippen LogP contribution in [0.2, 0.25) is 0 Å². The summed E-state index contributed by atoms with van der Waals surface area (Å²) in [6, 6.07) is 8.58. The number of carbonyl (C=O) groups is 3. The molecular formula is C20H20N4O4S. The van der Waals surface area contributed by atoms with Crippen LogP contribution in [0, 0.1) is 6.92 Å². The number of nitrogens with one attached hydrogen (secondary N) is 3. The molecule has 3 aromatic rings. The van der Waals surface area contributed by atoms with Gasteiger partial charge in [-0.1, -0.05) is 12.1 Å². The summed E-state index contributed by atoms with van der Waals surface area (Å²) >= 11 is 1.25. The molecule has 0 aliphatic carbocycles. The molecule has 0 radical (unpaired) electrons. The minimum absolute atomic E-state index is 0.105. The van der Waals surface area contributed by atoms with Crippen molar-refractivity contribution < 1.29 is 18.8 Å². The number of nitrogens with zero attached hydrogens (tertiary/aromatic N) is 1. The molecule has 2 heterocycles. The fourth-order valence-electron chi connectivity index (χ4n) is 2.58. The molecule has 0 spiro atoms. The van der Waals surface area contributed by atoms with Crippen molar-refractivity contribution in [3.05, 3.63) is 70.1 Å². The minimum Gasteiger partial charge on any atom is -0.469 e. The molecule has 0 aliphatic rings. The van der Waals surface area contributed by atoms with Gasteiger partial charge >= 0.3 is 0 Å². The molecule has 3 amide bonds. The molecule has 9 heteroatoms. The number of hydrogen-bond acceptors (Lipinski definition) is 6. The third kappa shape index (κ3) is 5.29. The molecular weight excluding hydrogens is 392 g/mol. The highest BCUT2D eigenvalue weighted by atomic mass is 32.1. The topological polar surface area (TPSA) is 113 Å². The number of amides is 3. The van der Waals surface area contributed by atoms with Crippen molar-refractivity contribution in [2.75, 3.05) is 12.4 Å². The smallest absolute Gasteiger partial charge is 0.260 e. The Kier molecular flexibility index (Phi) is 6.40. The van der Waals surface area contributed by atoms with Crippen molar-refractivity contribution >= 4 is 34.2 Å². The van der Waals surface area contributed by atoms with E-state index in [9.17, 15) is 14.4 Å². The molecule has 29 heavy (non-hydrogen) atoms. The highest BCUT2D eigenvalue weighted by Gasteiger charge is 2.14. The second-order valence-corrected chi connectivity index (χ2v) is 7.08. The summed E-state index contributed by atoms with van der Waals surface area (Å²) in [5.41, 5.74) is 2.46. The molecule has 0 bridgehead atoms. The van der Waals surface area contributed by atoms with Crippen molar-refractivity contribution in [2.45, 2.75) is 19.9 Å². The van der Waals surface area contributed by atoms with Crippen molar-refractivity contribution in [3.63, 3.8) is 0 Å². The molecule has 0 atom stereocenters. The highest BCUT2D eigenvalue weighted by molar-refractivity contribution is 7.14. The van der Waals surface area contributed by atoms with Gasteiger partial charge in [0, 0.05) is 24.5 Å². The van der Waals surface area contributed by atoms with E-state index in [0.717, 1.165) is 5.56 Å². The van der Waals surface area contributed by atoms with E-state index >= 15 is 0 Å². The van der Waals surface area contributed by atoms with Crippen LogP contribution in [0.5, 0.6) is 0 Å². The van der Waals surface area contributed by atoms with E-state index in [0.29, 0.717) is 34.3 Å². The third-order valence-electron chi connectivity index (χ3n) is 4.15. The highest BCUT2D eigenvalue weighted by Crippen LogP contribution is 2.18. The zero-order chi connectivity index (χ0) is 20.8. The summed E-state index contributed by atoms with van der Waals surface area (Å²) in [6.07, 6.45) is 1.56. The van der Waals surface area contributed by atoms with Crippen LogP contribution >= 0.6 is 11.3 Å². The Bertz CT molecular complexity index is 1020. The van der Waals surface area contributed by atoms with Crippen LogP contribution in [0.4, 0.5) is 5.13 Å². The Balaban J connectivity index is 1.49. The lowest BCUT2D eigenvalue weighted by Crippen LogP contribution is -2.24. The summed E-state index contributed by atoms with van der Waals surface area (Å²) in [6.45, 7) is 2.05. The van der Waals surface area contributed by atoms with Gasteiger partial charge in [0.15, 0.2) is 5.13 Å². The number of aryl methyl sites for hydroxylation is 1. The average molecular weight is 412 g/mol. The lowest BCUT2D eigenvalue weighted by atomic mass is 10.1. The molecule has 3 N–H and O–H groups in total.